The Kier molecular flexibility index (Phi) is 7.65. The van der Waals surface area contributed by atoms with Crippen LogP contribution in [0.2, 0.25) is 5.02 Å². The van der Waals surface area contributed by atoms with Crippen molar-refractivity contribution in [2.45, 2.75) is 26.3 Å². The molecule has 4 aromatic rings. The fourth-order valence-electron chi connectivity index (χ4n) is 4.96. The molecule has 1 unspecified atom stereocenters. The van der Waals surface area contributed by atoms with Crippen LogP contribution in [-0.4, -0.2) is 53.0 Å². The molecule has 5 rings (SSSR count). The summed E-state index contributed by atoms with van der Waals surface area (Å²) in [6, 6.07) is 17.8. The molecule has 2 N–H and O–H groups in total. The zero-order valence-corrected chi connectivity index (χ0v) is 22.8. The fourth-order valence-corrected chi connectivity index (χ4v) is 5.13. The lowest BCUT2D eigenvalue weighted by Gasteiger charge is -2.27. The van der Waals surface area contributed by atoms with Crippen molar-refractivity contribution in [3.05, 3.63) is 88.1 Å². The third kappa shape index (κ3) is 5.12. The molecule has 1 atom stereocenters. The highest BCUT2D eigenvalue weighted by Gasteiger charge is 2.42. The Morgan fingerprint density at radius 1 is 1.00 bits per heavy atom. The van der Waals surface area contributed by atoms with Crippen molar-refractivity contribution in [3.63, 3.8) is 0 Å². The normalized spacial score (nSPS) is 14.4. The molecule has 0 saturated carbocycles. The van der Waals surface area contributed by atoms with E-state index in [9.17, 15) is 9.90 Å². The van der Waals surface area contributed by atoms with Gasteiger partial charge >= 0.3 is 0 Å². The number of ether oxygens (including phenoxy) is 3. The molecule has 202 valence electrons. The number of aromatic amines is 1. The molecule has 0 saturated heterocycles. The summed E-state index contributed by atoms with van der Waals surface area (Å²) < 4.78 is 16.9. The lowest BCUT2D eigenvalue weighted by atomic mass is 9.95. The molecule has 3 aromatic carbocycles. The molecule has 0 bridgehead atoms. The predicted molar refractivity (Wildman–Crippen MR) is 149 cm³/mol. The average Bonchev–Trinajstić information content (AvgIpc) is 3.49. The van der Waals surface area contributed by atoms with Gasteiger partial charge in [0.2, 0.25) is 0 Å². The number of nitrogens with one attached hydrogen (secondary N) is 1. The van der Waals surface area contributed by atoms with Crippen LogP contribution in [0.5, 0.6) is 23.0 Å². The Hall–Kier alpha value is -4.17. The van der Waals surface area contributed by atoms with Gasteiger partial charge in [0.05, 0.1) is 26.4 Å². The molecule has 0 aliphatic carbocycles. The first-order valence-corrected chi connectivity index (χ1v) is 13.2. The minimum Gasteiger partial charge on any atom is -0.507 e. The molecule has 0 spiro atoms. The van der Waals surface area contributed by atoms with Crippen molar-refractivity contribution in [3.8, 4) is 34.3 Å². The van der Waals surface area contributed by atoms with E-state index in [0.29, 0.717) is 65.2 Å². The van der Waals surface area contributed by atoms with Crippen LogP contribution in [0.1, 0.15) is 47.1 Å². The maximum Gasteiger partial charge on any atom is 0.273 e. The molecule has 8 nitrogen and oxygen atoms in total. The van der Waals surface area contributed by atoms with E-state index in [1.807, 2.05) is 61.2 Å². The van der Waals surface area contributed by atoms with Crippen molar-refractivity contribution in [1.29, 1.82) is 0 Å². The monoisotopic (exact) mass is 547 g/mol. The number of hydrogen-bond acceptors (Lipinski definition) is 6. The molecule has 1 aliphatic rings. The summed E-state index contributed by atoms with van der Waals surface area (Å²) in [4.78, 5) is 15.6. The van der Waals surface area contributed by atoms with Gasteiger partial charge in [-0.3, -0.25) is 9.89 Å². The van der Waals surface area contributed by atoms with Crippen LogP contribution in [0.3, 0.4) is 0 Å². The number of phenols is 1. The summed E-state index contributed by atoms with van der Waals surface area (Å²) in [5.74, 6) is 1.87. The Labute approximate surface area is 232 Å². The minimum atomic E-state index is -0.479. The zero-order chi connectivity index (χ0) is 27.5. The summed E-state index contributed by atoms with van der Waals surface area (Å²) in [6.45, 7) is 5.25. The molecule has 39 heavy (non-hydrogen) atoms. The van der Waals surface area contributed by atoms with E-state index in [0.717, 1.165) is 16.9 Å². The van der Waals surface area contributed by atoms with Gasteiger partial charge in [-0.15, -0.1) is 0 Å². The third-order valence-corrected chi connectivity index (χ3v) is 7.00. The lowest BCUT2D eigenvalue weighted by Crippen LogP contribution is -2.31. The van der Waals surface area contributed by atoms with Crippen molar-refractivity contribution >= 4 is 17.5 Å². The molecule has 0 radical (unpaired) electrons. The number of aromatic hydroxyl groups is 1. The predicted octanol–water partition coefficient (Wildman–Crippen LogP) is 6.03. The van der Waals surface area contributed by atoms with Crippen LogP contribution in [0.4, 0.5) is 0 Å². The van der Waals surface area contributed by atoms with Crippen LogP contribution in [0.25, 0.3) is 11.3 Å². The van der Waals surface area contributed by atoms with Crippen LogP contribution in [-0.2, 0) is 6.42 Å². The highest BCUT2D eigenvalue weighted by molar-refractivity contribution is 6.31. The first kappa shape index (κ1) is 26.4. The van der Waals surface area contributed by atoms with Crippen LogP contribution >= 0.6 is 11.6 Å². The molecular weight excluding hydrogens is 518 g/mol. The van der Waals surface area contributed by atoms with Gasteiger partial charge in [0, 0.05) is 22.7 Å². The zero-order valence-electron chi connectivity index (χ0n) is 22.0. The standard InChI is InChI=1S/C30H30ClN3O5/c1-4-38-24-13-8-19(16-25(24)39-5-2)29-26-27(22-17-20(31)9-12-23(22)35)32-33-28(26)30(36)34(29)15-14-18-6-10-21(37-3)11-7-18/h6-13,16-17,29,35H,4-5,14-15H2,1-3H3,(H,32,33). The fraction of sp³-hybridized carbons (Fsp3) is 0.267. The SMILES string of the molecule is CCOc1ccc(C2c3c(-c4cc(Cl)ccc4O)n[nH]c3C(=O)N2CCc2ccc(OC)cc2)cc1OCC. The number of fused-ring (bicyclic) bond motifs is 1. The van der Waals surface area contributed by atoms with Crippen LogP contribution in [0, 0.1) is 0 Å². The van der Waals surface area contributed by atoms with E-state index in [1.54, 1.807) is 19.2 Å². The number of halogens is 1. The van der Waals surface area contributed by atoms with Crippen LogP contribution in [0.15, 0.2) is 60.7 Å². The first-order chi connectivity index (χ1) is 18.9. The van der Waals surface area contributed by atoms with E-state index in [-0.39, 0.29) is 11.7 Å². The highest BCUT2D eigenvalue weighted by Crippen LogP contribution is 2.46. The number of phenolic OH excluding ortho intramolecular Hbond substituents is 1. The summed E-state index contributed by atoms with van der Waals surface area (Å²) in [6.07, 6.45) is 0.636. The number of H-pyrrole nitrogens is 1. The number of aromatic nitrogens is 2. The van der Waals surface area contributed by atoms with E-state index >= 15 is 0 Å². The van der Waals surface area contributed by atoms with Gasteiger partial charge < -0.3 is 24.2 Å². The van der Waals surface area contributed by atoms with Gasteiger partial charge in [0.15, 0.2) is 11.5 Å². The van der Waals surface area contributed by atoms with Crippen molar-refractivity contribution < 1.29 is 24.1 Å². The largest absolute Gasteiger partial charge is 0.507 e. The van der Waals surface area contributed by atoms with Crippen molar-refractivity contribution in [1.82, 2.24) is 15.1 Å². The second kappa shape index (κ2) is 11.3. The number of benzene rings is 3. The van der Waals surface area contributed by atoms with Gasteiger partial charge in [-0.1, -0.05) is 29.8 Å². The van der Waals surface area contributed by atoms with E-state index in [2.05, 4.69) is 10.2 Å². The molecule has 9 heteroatoms. The second-order valence-corrected chi connectivity index (χ2v) is 9.53. The number of rotatable bonds is 10. The van der Waals surface area contributed by atoms with Gasteiger partial charge in [0.25, 0.3) is 5.91 Å². The summed E-state index contributed by atoms with van der Waals surface area (Å²) >= 11 is 6.27. The lowest BCUT2D eigenvalue weighted by molar-refractivity contribution is 0.0745. The number of amides is 1. The smallest absolute Gasteiger partial charge is 0.273 e. The van der Waals surface area contributed by atoms with E-state index in [1.165, 1.54) is 6.07 Å². The van der Waals surface area contributed by atoms with Gasteiger partial charge in [-0.05, 0) is 73.9 Å². The molecule has 2 heterocycles. The summed E-state index contributed by atoms with van der Waals surface area (Å²) in [5.41, 5.74) is 3.90. The number of hydrogen-bond donors (Lipinski definition) is 2. The molecule has 1 aliphatic heterocycles. The second-order valence-electron chi connectivity index (χ2n) is 9.09. The Balaban J connectivity index is 1.60. The maximum atomic E-state index is 13.8. The Bertz CT molecular complexity index is 1480. The highest BCUT2D eigenvalue weighted by atomic mass is 35.5. The number of carbonyl (C=O) groups excluding carboxylic acids is 1. The molecular formula is C30H30ClN3O5. The maximum absolute atomic E-state index is 13.8. The summed E-state index contributed by atoms with van der Waals surface area (Å²) in [5, 5.41) is 18.5. The third-order valence-electron chi connectivity index (χ3n) is 6.76. The van der Waals surface area contributed by atoms with Crippen LogP contribution < -0.4 is 14.2 Å². The number of carbonyl (C=O) groups is 1. The molecule has 1 amide bonds. The van der Waals surface area contributed by atoms with Crippen molar-refractivity contribution in [2.75, 3.05) is 26.9 Å². The molecule has 1 aromatic heterocycles. The van der Waals surface area contributed by atoms with Gasteiger partial charge in [-0.2, -0.15) is 5.10 Å². The minimum absolute atomic E-state index is 0.0262. The number of nitrogens with zero attached hydrogens (tertiary/aromatic N) is 2. The summed E-state index contributed by atoms with van der Waals surface area (Å²) in [7, 11) is 1.63. The first-order valence-electron chi connectivity index (χ1n) is 12.9. The van der Waals surface area contributed by atoms with Crippen molar-refractivity contribution in [2.24, 2.45) is 0 Å². The van der Waals surface area contributed by atoms with E-state index in [4.69, 9.17) is 25.8 Å². The van der Waals surface area contributed by atoms with Gasteiger partial charge in [-0.25, -0.2) is 0 Å². The average molecular weight is 548 g/mol. The quantitative estimate of drug-likeness (QED) is 0.252. The Morgan fingerprint density at radius 2 is 1.74 bits per heavy atom. The Morgan fingerprint density at radius 3 is 2.46 bits per heavy atom. The molecule has 0 fully saturated rings. The number of methoxy groups -OCH3 is 1. The van der Waals surface area contributed by atoms with Gasteiger partial charge in [0.1, 0.15) is 22.9 Å². The van der Waals surface area contributed by atoms with E-state index < -0.39 is 6.04 Å². The topological polar surface area (TPSA) is 96.9 Å².